The van der Waals surface area contributed by atoms with E-state index >= 15 is 0 Å². The maximum Gasteiger partial charge on any atom is 0.254 e. The van der Waals surface area contributed by atoms with Crippen molar-refractivity contribution in [1.82, 2.24) is 4.90 Å². The second-order valence-electron chi connectivity index (χ2n) is 6.44. The third kappa shape index (κ3) is 4.73. The number of quaternary nitrogens is 1. The van der Waals surface area contributed by atoms with Crippen molar-refractivity contribution in [3.63, 3.8) is 0 Å². The first-order chi connectivity index (χ1) is 12.8. The van der Waals surface area contributed by atoms with Crippen LogP contribution in [-0.2, 0) is 10.0 Å². The molecule has 1 amide bonds. The van der Waals surface area contributed by atoms with E-state index in [1.165, 1.54) is 35.2 Å². The average Bonchev–Trinajstić information content (AvgIpc) is 2.65. The molecule has 3 rings (SSSR count). The molecule has 1 saturated heterocycles. The Bertz CT molecular complexity index is 958. The lowest BCUT2D eigenvalue weighted by molar-refractivity contribution is -0.883. The minimum absolute atomic E-state index is 0.0583. The van der Waals surface area contributed by atoms with E-state index in [1.54, 1.807) is 17.0 Å². The fraction of sp³-hybridized carbons (Fsp3) is 0.278. The number of nitrogens with zero attached hydrogens (tertiary/aromatic N) is 2. The van der Waals surface area contributed by atoms with Gasteiger partial charge in [-0.25, -0.2) is 8.42 Å². The van der Waals surface area contributed by atoms with Crippen molar-refractivity contribution in [2.75, 3.05) is 33.2 Å². The minimum Gasteiger partial charge on any atom is -0.571 e. The molecule has 1 N–H and O–H groups in total. The largest absolute Gasteiger partial charge is 0.571 e. The van der Waals surface area contributed by atoms with Crippen LogP contribution in [0.1, 0.15) is 10.4 Å². The van der Waals surface area contributed by atoms with Crippen molar-refractivity contribution in [1.29, 1.82) is 0 Å². The van der Waals surface area contributed by atoms with E-state index in [4.69, 9.17) is 23.2 Å². The van der Waals surface area contributed by atoms with E-state index < -0.39 is 10.0 Å². The van der Waals surface area contributed by atoms with Gasteiger partial charge in [0.1, 0.15) is 10.0 Å². The third-order valence-electron chi connectivity index (χ3n) is 4.41. The summed E-state index contributed by atoms with van der Waals surface area (Å²) in [6, 6.07) is 10.3. The number of carbonyl (C=O) groups is 1. The third-order valence-corrected chi connectivity index (χ3v) is 6.25. The summed E-state index contributed by atoms with van der Waals surface area (Å²) in [5.41, 5.74) is 0.381. The highest BCUT2D eigenvalue weighted by atomic mass is 35.5. The highest BCUT2D eigenvalue weighted by Crippen LogP contribution is 2.36. The Balaban J connectivity index is 1.83. The lowest BCUT2D eigenvalue weighted by atomic mass is 10.2. The zero-order valence-corrected chi connectivity index (χ0v) is 17.0. The van der Waals surface area contributed by atoms with Crippen LogP contribution in [0.5, 0.6) is 0 Å². The normalized spacial score (nSPS) is 15.6. The Hall–Kier alpha value is -1.80. The Morgan fingerprint density at radius 3 is 2.52 bits per heavy atom. The van der Waals surface area contributed by atoms with Gasteiger partial charge in [0.25, 0.3) is 5.91 Å². The molecule has 27 heavy (non-hydrogen) atoms. The summed E-state index contributed by atoms with van der Waals surface area (Å²) in [6.45, 7) is 3.02. The molecule has 9 heteroatoms. The summed E-state index contributed by atoms with van der Waals surface area (Å²) in [6.07, 6.45) is 0. The molecule has 144 valence electrons. The van der Waals surface area contributed by atoms with Crippen LogP contribution in [0.2, 0.25) is 10.0 Å². The summed E-state index contributed by atoms with van der Waals surface area (Å²) in [5, 5.41) is 0.504. The summed E-state index contributed by atoms with van der Waals surface area (Å²) in [7, 11) is -1.96. The topological polar surface area (TPSA) is 73.0 Å². The van der Waals surface area contributed by atoms with Crippen LogP contribution in [0.3, 0.4) is 0 Å². The summed E-state index contributed by atoms with van der Waals surface area (Å²) >= 11 is 11.9. The van der Waals surface area contributed by atoms with Gasteiger partial charge in [0.05, 0.1) is 38.1 Å². The predicted octanol–water partition coefficient (Wildman–Crippen LogP) is 2.36. The molecule has 1 aliphatic heterocycles. The number of nitrogens with one attached hydrogen (secondary N) is 1. The first kappa shape index (κ1) is 19.9. The van der Waals surface area contributed by atoms with Crippen molar-refractivity contribution in [2.45, 2.75) is 4.90 Å². The maximum atomic E-state index is 12.7. The lowest BCUT2D eigenvalue weighted by Crippen LogP contribution is -3.12. The van der Waals surface area contributed by atoms with Crippen molar-refractivity contribution in [3.8, 4) is 0 Å². The van der Waals surface area contributed by atoms with Gasteiger partial charge in [-0.05, 0) is 30.3 Å². The van der Waals surface area contributed by atoms with Crippen LogP contribution in [0, 0.1) is 0 Å². The first-order valence-corrected chi connectivity index (χ1v) is 10.6. The van der Waals surface area contributed by atoms with Gasteiger partial charge >= 0.3 is 0 Å². The molecular weight excluding hydrogens is 409 g/mol. The van der Waals surface area contributed by atoms with Gasteiger partial charge in [-0.2, -0.15) is 0 Å². The van der Waals surface area contributed by atoms with E-state index in [-0.39, 0.29) is 21.5 Å². The fourth-order valence-electron chi connectivity index (χ4n) is 2.80. The molecule has 0 saturated carbocycles. The molecule has 0 atom stereocenters. The van der Waals surface area contributed by atoms with E-state index in [2.05, 4.69) is 11.8 Å². The van der Waals surface area contributed by atoms with Gasteiger partial charge in [-0.15, -0.1) is 5.69 Å². The summed E-state index contributed by atoms with van der Waals surface area (Å²) in [5.74, 6) is -0.180. The molecule has 6 nitrogen and oxygen atoms in total. The molecule has 1 aliphatic rings. The number of hydrogen-bond acceptors (Lipinski definition) is 3. The molecular formula is C18H19Cl2N3O3S. The molecule has 2 aromatic carbocycles. The molecule has 0 aliphatic carbocycles. The van der Waals surface area contributed by atoms with Gasteiger partial charge in [0.15, 0.2) is 0 Å². The molecule has 0 aromatic heterocycles. The second-order valence-corrected chi connectivity index (χ2v) is 8.89. The Labute approximate surface area is 168 Å². The van der Waals surface area contributed by atoms with Crippen molar-refractivity contribution in [3.05, 3.63) is 62.8 Å². The SMILES string of the molecule is C[NH+]1CCN(C(=O)c2cccc(S(=O)(=O)[N-]c3cc(Cl)ccc3Cl)c2)CC1. The van der Waals surface area contributed by atoms with Crippen LogP contribution in [-0.4, -0.2) is 52.5 Å². The van der Waals surface area contributed by atoms with Gasteiger partial charge in [0.2, 0.25) is 0 Å². The van der Waals surface area contributed by atoms with E-state index in [0.717, 1.165) is 13.1 Å². The Morgan fingerprint density at radius 2 is 1.81 bits per heavy atom. The zero-order chi connectivity index (χ0) is 19.6. The standard InChI is InChI=1S/C18H18Cl2N3O3S/c1-22-7-9-23(10-8-22)18(24)13-3-2-4-15(11-13)27(25,26)21-17-12-14(19)5-6-16(17)20/h2-6,11-12H,7-10H2,1H3/q-1/p+1. The molecule has 0 unspecified atom stereocenters. The van der Waals surface area contributed by atoms with Crippen LogP contribution in [0.25, 0.3) is 4.72 Å². The van der Waals surface area contributed by atoms with Crippen molar-refractivity contribution >= 4 is 44.8 Å². The second kappa shape index (κ2) is 8.06. The monoisotopic (exact) mass is 427 g/mol. The number of likely N-dealkylation sites (N-methyl/N-ethyl adjacent to an activating group) is 1. The van der Waals surface area contributed by atoms with Crippen LogP contribution in [0.15, 0.2) is 47.4 Å². The average molecular weight is 428 g/mol. The smallest absolute Gasteiger partial charge is 0.254 e. The molecule has 1 fully saturated rings. The molecule has 1 heterocycles. The molecule has 2 aromatic rings. The quantitative estimate of drug-likeness (QED) is 0.813. The number of benzene rings is 2. The maximum absolute atomic E-state index is 12.7. The fourth-order valence-corrected chi connectivity index (χ4v) is 4.22. The Morgan fingerprint density at radius 1 is 1.11 bits per heavy atom. The number of rotatable bonds is 4. The summed E-state index contributed by atoms with van der Waals surface area (Å²) < 4.78 is 29.1. The molecule has 0 bridgehead atoms. The Kier molecular flexibility index (Phi) is 5.95. The molecule has 0 radical (unpaired) electrons. The van der Waals surface area contributed by atoms with Gasteiger partial charge < -0.3 is 14.5 Å². The first-order valence-electron chi connectivity index (χ1n) is 8.40. The van der Waals surface area contributed by atoms with Gasteiger partial charge in [-0.1, -0.05) is 35.3 Å². The van der Waals surface area contributed by atoms with Crippen molar-refractivity contribution < 1.29 is 18.1 Å². The van der Waals surface area contributed by atoms with E-state index in [0.29, 0.717) is 23.7 Å². The number of sulfonamides is 1. The number of amides is 1. The van der Waals surface area contributed by atoms with E-state index in [1.807, 2.05) is 0 Å². The highest BCUT2D eigenvalue weighted by molar-refractivity contribution is 7.94. The number of piperazine rings is 1. The van der Waals surface area contributed by atoms with Crippen LogP contribution >= 0.6 is 23.2 Å². The zero-order valence-electron chi connectivity index (χ0n) is 14.7. The predicted molar refractivity (Wildman–Crippen MR) is 106 cm³/mol. The number of carbonyl (C=O) groups excluding carboxylic acids is 1. The molecule has 0 spiro atoms. The van der Waals surface area contributed by atoms with E-state index in [9.17, 15) is 13.2 Å². The van der Waals surface area contributed by atoms with Gasteiger partial charge in [-0.3, -0.25) is 4.79 Å². The lowest BCUT2D eigenvalue weighted by Gasteiger charge is -2.30. The number of hydrogen-bond donors (Lipinski definition) is 1. The van der Waals surface area contributed by atoms with Crippen LogP contribution in [0.4, 0.5) is 5.69 Å². The summed E-state index contributed by atoms with van der Waals surface area (Å²) in [4.78, 5) is 15.7. The van der Waals surface area contributed by atoms with Crippen molar-refractivity contribution in [2.24, 2.45) is 0 Å². The van der Waals surface area contributed by atoms with Gasteiger partial charge in [0, 0.05) is 15.6 Å². The van der Waals surface area contributed by atoms with Crippen LogP contribution < -0.4 is 4.90 Å². The number of halogens is 2. The minimum atomic E-state index is -4.04. The highest BCUT2D eigenvalue weighted by Gasteiger charge is 2.23.